The molecule has 2 aromatic carbocycles. The number of oxazole rings is 1. The van der Waals surface area contributed by atoms with Gasteiger partial charge in [0.1, 0.15) is 17.0 Å². The highest BCUT2D eigenvalue weighted by Crippen LogP contribution is 2.29. The van der Waals surface area contributed by atoms with Crippen LogP contribution in [-0.2, 0) is 10.0 Å². The van der Waals surface area contributed by atoms with Gasteiger partial charge in [-0.3, -0.25) is 9.29 Å². The van der Waals surface area contributed by atoms with E-state index in [9.17, 15) is 17.6 Å². The van der Waals surface area contributed by atoms with E-state index >= 15 is 0 Å². The average Bonchev–Trinajstić information content (AvgIpc) is 3.38. The Morgan fingerprint density at radius 3 is 2.82 bits per heavy atom. The zero-order valence-corrected chi connectivity index (χ0v) is 19.4. The van der Waals surface area contributed by atoms with Crippen molar-refractivity contribution in [1.29, 1.82) is 0 Å². The van der Waals surface area contributed by atoms with E-state index in [1.165, 1.54) is 10.9 Å². The minimum Gasteiger partial charge on any atom is -0.408 e. The van der Waals surface area contributed by atoms with Crippen LogP contribution in [0.5, 0.6) is 0 Å². The second kappa shape index (κ2) is 8.68. The lowest BCUT2D eigenvalue weighted by Gasteiger charge is -2.21. The molecule has 1 aliphatic heterocycles. The third kappa shape index (κ3) is 4.09. The maximum Gasteiger partial charge on any atom is 0.420 e. The van der Waals surface area contributed by atoms with Crippen LogP contribution < -0.4 is 15.8 Å². The molecule has 0 bridgehead atoms. The molecule has 2 N–H and O–H groups in total. The van der Waals surface area contributed by atoms with Crippen molar-refractivity contribution < 1.29 is 17.2 Å². The van der Waals surface area contributed by atoms with Crippen LogP contribution in [0.4, 0.5) is 9.52 Å². The topological polar surface area (TPSA) is 119 Å². The van der Waals surface area contributed by atoms with E-state index in [4.69, 9.17) is 4.42 Å². The summed E-state index contributed by atoms with van der Waals surface area (Å²) in [6, 6.07) is 8.84. The van der Waals surface area contributed by atoms with Gasteiger partial charge in [0.15, 0.2) is 5.58 Å². The van der Waals surface area contributed by atoms with E-state index in [2.05, 4.69) is 31.2 Å². The number of halogens is 1. The molecular weight excluding hydrogens is 481 g/mol. The summed E-state index contributed by atoms with van der Waals surface area (Å²) in [5.74, 6) is 4.91. The Morgan fingerprint density at radius 2 is 2.12 bits per heavy atom. The Labute approximate surface area is 197 Å². The second-order valence-electron chi connectivity index (χ2n) is 7.73. The predicted molar refractivity (Wildman–Crippen MR) is 125 cm³/mol. The summed E-state index contributed by atoms with van der Waals surface area (Å²) < 4.78 is 52.8. The average molecular weight is 500 g/mol. The van der Waals surface area contributed by atoms with E-state index in [1.54, 1.807) is 6.92 Å². The maximum absolute atomic E-state index is 15.0. The molecular formula is C22H18FN5O4S2. The molecule has 2 aromatic heterocycles. The first-order chi connectivity index (χ1) is 16.3. The van der Waals surface area contributed by atoms with Crippen LogP contribution in [0.3, 0.4) is 0 Å². The highest BCUT2D eigenvalue weighted by Gasteiger charge is 2.26. The van der Waals surface area contributed by atoms with Gasteiger partial charge in [-0.05, 0) is 18.6 Å². The molecule has 5 rings (SSSR count). The van der Waals surface area contributed by atoms with Crippen molar-refractivity contribution in [3.05, 3.63) is 70.2 Å². The number of sulfonamides is 1. The molecule has 0 radical (unpaired) electrons. The molecule has 1 saturated heterocycles. The van der Waals surface area contributed by atoms with Gasteiger partial charge in [0.05, 0.1) is 11.6 Å². The summed E-state index contributed by atoms with van der Waals surface area (Å²) in [6.07, 6.45) is 1.17. The monoisotopic (exact) mass is 499 g/mol. The molecule has 1 fully saturated rings. The summed E-state index contributed by atoms with van der Waals surface area (Å²) in [7, 11) is -4.31. The Kier molecular flexibility index (Phi) is 5.68. The lowest BCUT2D eigenvalue weighted by molar-refractivity contribution is 0.432. The van der Waals surface area contributed by atoms with E-state index < -0.39 is 32.5 Å². The van der Waals surface area contributed by atoms with Crippen LogP contribution in [0.1, 0.15) is 24.1 Å². The predicted octanol–water partition coefficient (Wildman–Crippen LogP) is 2.57. The fraction of sp³-hybridized carbons (Fsp3) is 0.227. The number of hydrogen-bond donors (Lipinski definition) is 2. The zero-order valence-electron chi connectivity index (χ0n) is 17.8. The number of fused-ring (bicyclic) bond motifs is 1. The van der Waals surface area contributed by atoms with Gasteiger partial charge in [-0.25, -0.2) is 22.6 Å². The van der Waals surface area contributed by atoms with Gasteiger partial charge in [0.2, 0.25) is 5.13 Å². The third-order valence-electron chi connectivity index (χ3n) is 5.53. The van der Waals surface area contributed by atoms with Gasteiger partial charge in [-0.15, -0.1) is 0 Å². The van der Waals surface area contributed by atoms with Gasteiger partial charge in [0.25, 0.3) is 10.0 Å². The Hall–Kier alpha value is -3.53. The van der Waals surface area contributed by atoms with Crippen LogP contribution in [0.25, 0.3) is 11.1 Å². The summed E-state index contributed by atoms with van der Waals surface area (Å²) in [4.78, 5) is 15.8. The molecule has 12 heteroatoms. The highest BCUT2D eigenvalue weighted by atomic mass is 32.2. The van der Waals surface area contributed by atoms with Gasteiger partial charge in [-0.2, -0.15) is 4.37 Å². The number of rotatable bonds is 5. The van der Waals surface area contributed by atoms with Crippen molar-refractivity contribution in [1.82, 2.24) is 19.2 Å². The molecule has 9 nitrogen and oxygen atoms in total. The molecule has 0 amide bonds. The van der Waals surface area contributed by atoms with Gasteiger partial charge >= 0.3 is 5.76 Å². The minimum atomic E-state index is -4.31. The smallest absolute Gasteiger partial charge is 0.408 e. The lowest BCUT2D eigenvalue weighted by Crippen LogP contribution is -2.40. The summed E-state index contributed by atoms with van der Waals surface area (Å²) in [5, 5.41) is 3.16. The number of hydrogen-bond acceptors (Lipinski definition) is 8. The van der Waals surface area contributed by atoms with Crippen molar-refractivity contribution in [3.8, 4) is 11.8 Å². The minimum absolute atomic E-state index is 0.0115. The SMILES string of the molecule is CC(c1ccccc1C#CC1CNC1)n1c(=O)oc2cc(S(=O)(=O)Nc3ncns3)c(F)cc21. The quantitative estimate of drug-likeness (QED) is 0.405. The molecule has 1 aliphatic rings. The third-order valence-corrected chi connectivity index (χ3v) is 7.59. The van der Waals surface area contributed by atoms with Crippen molar-refractivity contribution in [2.45, 2.75) is 17.9 Å². The van der Waals surface area contributed by atoms with E-state index in [0.29, 0.717) is 0 Å². The van der Waals surface area contributed by atoms with E-state index in [-0.39, 0.29) is 22.1 Å². The molecule has 0 aliphatic carbocycles. The lowest BCUT2D eigenvalue weighted by atomic mass is 9.99. The Bertz CT molecular complexity index is 1600. The normalized spacial score (nSPS) is 14.9. The fourth-order valence-electron chi connectivity index (χ4n) is 3.68. The zero-order chi connectivity index (χ0) is 23.9. The van der Waals surface area contributed by atoms with Crippen LogP contribution in [-0.4, -0.2) is 35.4 Å². The molecule has 1 atom stereocenters. The number of nitrogens with zero attached hydrogens (tertiary/aromatic N) is 3. The van der Waals surface area contributed by atoms with Gasteiger partial charge in [-0.1, -0.05) is 30.0 Å². The highest BCUT2D eigenvalue weighted by molar-refractivity contribution is 7.93. The first-order valence-corrected chi connectivity index (χ1v) is 12.5. The Balaban J connectivity index is 1.55. The van der Waals surface area contributed by atoms with E-state index in [0.717, 1.165) is 47.9 Å². The molecule has 174 valence electrons. The number of aromatic nitrogens is 3. The molecule has 34 heavy (non-hydrogen) atoms. The van der Waals surface area contributed by atoms with Crippen molar-refractivity contribution in [2.75, 3.05) is 17.8 Å². The maximum atomic E-state index is 15.0. The number of nitrogens with one attached hydrogen (secondary N) is 2. The standard InChI is InChI=1S/C22H18FN5O4S2/c1-13(16-5-3-2-4-15(16)7-6-14-10-24-11-14)28-18-8-17(23)20(9-19(18)32-22(28)29)34(30,31)27-21-25-12-26-33-21/h2-5,8-9,12-14,24H,10-11H2,1H3,(H,25,26,27). The van der Waals surface area contributed by atoms with Crippen molar-refractivity contribution >= 4 is 37.8 Å². The number of benzene rings is 2. The van der Waals surface area contributed by atoms with Crippen LogP contribution in [0, 0.1) is 23.6 Å². The van der Waals surface area contributed by atoms with Crippen LogP contribution in [0.2, 0.25) is 0 Å². The van der Waals surface area contributed by atoms with Gasteiger partial charge in [0, 0.05) is 48.2 Å². The number of anilines is 1. The van der Waals surface area contributed by atoms with E-state index in [1.807, 2.05) is 24.3 Å². The largest absolute Gasteiger partial charge is 0.420 e. The van der Waals surface area contributed by atoms with Crippen molar-refractivity contribution in [2.24, 2.45) is 5.92 Å². The molecule has 3 heterocycles. The van der Waals surface area contributed by atoms with Crippen molar-refractivity contribution in [3.63, 3.8) is 0 Å². The van der Waals surface area contributed by atoms with Crippen LogP contribution in [0.15, 0.2) is 56.8 Å². The van der Waals surface area contributed by atoms with Crippen LogP contribution >= 0.6 is 11.5 Å². The first-order valence-electron chi connectivity index (χ1n) is 10.3. The summed E-state index contributed by atoms with van der Waals surface area (Å²) in [5.41, 5.74) is 1.60. The first kappa shape index (κ1) is 22.3. The molecule has 0 spiro atoms. The Morgan fingerprint density at radius 1 is 1.32 bits per heavy atom. The molecule has 4 aromatic rings. The summed E-state index contributed by atoms with van der Waals surface area (Å²) in [6.45, 7) is 3.46. The fourth-order valence-corrected chi connectivity index (χ4v) is 5.42. The second-order valence-corrected chi connectivity index (χ2v) is 10.2. The van der Waals surface area contributed by atoms with Gasteiger partial charge < -0.3 is 9.73 Å². The summed E-state index contributed by atoms with van der Waals surface area (Å²) >= 11 is 0.808. The molecule has 0 saturated carbocycles. The molecule has 1 unspecified atom stereocenters.